The van der Waals surface area contributed by atoms with Gasteiger partial charge in [0.15, 0.2) is 0 Å². The fraction of sp³-hybridized carbons (Fsp3) is 0.417. The zero-order valence-corrected chi connectivity index (χ0v) is 11.4. The molecule has 104 valence electrons. The molecule has 2 N–H and O–H groups in total. The summed E-state index contributed by atoms with van der Waals surface area (Å²) in [7, 11) is -2.30. The van der Waals surface area contributed by atoms with E-state index in [1.54, 1.807) is 0 Å². The molecule has 0 saturated carbocycles. The molecule has 6 nitrogen and oxygen atoms in total. The summed E-state index contributed by atoms with van der Waals surface area (Å²) < 4.78 is 30.6. The molecule has 19 heavy (non-hydrogen) atoms. The zero-order valence-electron chi connectivity index (χ0n) is 10.6. The van der Waals surface area contributed by atoms with Crippen molar-refractivity contribution in [2.75, 3.05) is 25.9 Å². The van der Waals surface area contributed by atoms with Crippen LogP contribution >= 0.6 is 0 Å². The van der Waals surface area contributed by atoms with Gasteiger partial charge in [-0.05, 0) is 31.0 Å². The van der Waals surface area contributed by atoms with Crippen LogP contribution in [0, 0.1) is 0 Å². The lowest BCUT2D eigenvalue weighted by Crippen LogP contribution is -2.28. The van der Waals surface area contributed by atoms with Crippen LogP contribution in [0.2, 0.25) is 0 Å². The summed E-state index contributed by atoms with van der Waals surface area (Å²) in [5, 5.41) is 0. The predicted octanol–water partition coefficient (Wildman–Crippen LogP) is 0.840. The smallest absolute Gasteiger partial charge is 0.337 e. The Morgan fingerprint density at radius 2 is 1.95 bits per heavy atom. The van der Waals surface area contributed by atoms with Crippen LogP contribution in [-0.4, -0.2) is 38.9 Å². The summed E-state index contributed by atoms with van der Waals surface area (Å²) in [6, 6.07) is 4.09. The number of ether oxygens (including phenoxy) is 1. The first-order valence-corrected chi connectivity index (χ1v) is 7.39. The van der Waals surface area contributed by atoms with Gasteiger partial charge in [-0.1, -0.05) is 0 Å². The molecular weight excluding hydrogens is 268 g/mol. The quantitative estimate of drug-likeness (QED) is 0.656. The van der Waals surface area contributed by atoms with Crippen LogP contribution < -0.4 is 5.73 Å². The summed E-state index contributed by atoms with van der Waals surface area (Å²) in [6.07, 6.45) is 1.72. The van der Waals surface area contributed by atoms with Crippen molar-refractivity contribution in [3.63, 3.8) is 0 Å². The molecule has 0 bridgehead atoms. The second kappa shape index (κ2) is 5.18. The Hall–Kier alpha value is -1.60. The van der Waals surface area contributed by atoms with Crippen molar-refractivity contribution >= 4 is 21.7 Å². The Morgan fingerprint density at radius 1 is 1.32 bits per heavy atom. The molecule has 1 aromatic rings. The lowest BCUT2D eigenvalue weighted by molar-refractivity contribution is 0.0600. The molecule has 1 aromatic carbocycles. The predicted molar refractivity (Wildman–Crippen MR) is 70.2 cm³/mol. The first kappa shape index (κ1) is 13.8. The molecular formula is C12H16N2O4S. The summed E-state index contributed by atoms with van der Waals surface area (Å²) in [6.45, 7) is 1.03. The Balaban J connectivity index is 2.38. The molecule has 0 spiro atoms. The van der Waals surface area contributed by atoms with Gasteiger partial charge in [-0.2, -0.15) is 4.31 Å². The van der Waals surface area contributed by atoms with E-state index in [-0.39, 0.29) is 16.1 Å². The van der Waals surface area contributed by atoms with Gasteiger partial charge in [0.2, 0.25) is 10.0 Å². The first-order chi connectivity index (χ1) is 8.96. The van der Waals surface area contributed by atoms with E-state index in [1.165, 1.54) is 29.6 Å². The Labute approximate surface area is 112 Å². The van der Waals surface area contributed by atoms with Crippen molar-refractivity contribution in [1.82, 2.24) is 4.31 Å². The monoisotopic (exact) mass is 284 g/mol. The fourth-order valence-corrected chi connectivity index (χ4v) is 3.71. The van der Waals surface area contributed by atoms with Crippen LogP contribution in [0.1, 0.15) is 23.2 Å². The van der Waals surface area contributed by atoms with E-state index >= 15 is 0 Å². The topological polar surface area (TPSA) is 89.7 Å². The molecule has 0 amide bonds. The Bertz CT molecular complexity index is 592. The highest BCUT2D eigenvalue weighted by atomic mass is 32.2. The third kappa shape index (κ3) is 2.57. The minimum absolute atomic E-state index is 0.0436. The number of carbonyl (C=O) groups excluding carboxylic acids is 1. The van der Waals surface area contributed by atoms with Crippen LogP contribution in [-0.2, 0) is 14.8 Å². The number of rotatable bonds is 3. The minimum Gasteiger partial charge on any atom is -0.465 e. The fourth-order valence-electron chi connectivity index (χ4n) is 2.10. The first-order valence-electron chi connectivity index (χ1n) is 5.95. The van der Waals surface area contributed by atoms with Crippen LogP contribution in [0.4, 0.5) is 5.69 Å². The van der Waals surface area contributed by atoms with Crippen LogP contribution in [0.25, 0.3) is 0 Å². The molecule has 1 aliphatic rings. The average Bonchev–Trinajstić information content (AvgIpc) is 2.91. The van der Waals surface area contributed by atoms with E-state index in [1.807, 2.05) is 0 Å². The second-order valence-electron chi connectivity index (χ2n) is 4.36. The molecule has 7 heteroatoms. The molecule has 2 rings (SSSR count). The number of nitrogen functional groups attached to an aromatic ring is 1. The SMILES string of the molecule is COC(=O)c1ccc(S(=O)(=O)N2CCCC2)c(N)c1. The van der Waals surface area contributed by atoms with Gasteiger partial charge in [0.05, 0.1) is 18.4 Å². The van der Waals surface area contributed by atoms with Gasteiger partial charge in [-0.3, -0.25) is 0 Å². The number of benzene rings is 1. The lowest BCUT2D eigenvalue weighted by Gasteiger charge is -2.17. The van der Waals surface area contributed by atoms with Gasteiger partial charge in [-0.25, -0.2) is 13.2 Å². The Kier molecular flexibility index (Phi) is 3.77. The highest BCUT2D eigenvalue weighted by Gasteiger charge is 2.29. The van der Waals surface area contributed by atoms with Crippen molar-refractivity contribution in [2.24, 2.45) is 0 Å². The zero-order chi connectivity index (χ0) is 14.0. The van der Waals surface area contributed by atoms with Crippen molar-refractivity contribution in [3.8, 4) is 0 Å². The number of carbonyl (C=O) groups is 1. The molecule has 1 fully saturated rings. The number of sulfonamides is 1. The molecule has 0 atom stereocenters. The number of nitrogens with two attached hydrogens (primary N) is 1. The van der Waals surface area contributed by atoms with Gasteiger partial charge in [0, 0.05) is 13.1 Å². The lowest BCUT2D eigenvalue weighted by atomic mass is 10.2. The van der Waals surface area contributed by atoms with Gasteiger partial charge < -0.3 is 10.5 Å². The minimum atomic E-state index is -3.56. The van der Waals surface area contributed by atoms with Crippen LogP contribution in [0.15, 0.2) is 23.1 Å². The highest BCUT2D eigenvalue weighted by Crippen LogP contribution is 2.26. The third-order valence-corrected chi connectivity index (χ3v) is 5.09. The average molecular weight is 284 g/mol. The van der Waals surface area contributed by atoms with Crippen molar-refractivity contribution in [1.29, 1.82) is 0 Å². The molecule has 0 aliphatic carbocycles. The normalized spacial score (nSPS) is 16.5. The van der Waals surface area contributed by atoms with Gasteiger partial charge in [-0.15, -0.1) is 0 Å². The molecule has 0 unspecified atom stereocenters. The second-order valence-corrected chi connectivity index (χ2v) is 6.26. The van der Waals surface area contributed by atoms with Crippen LogP contribution in [0.5, 0.6) is 0 Å². The summed E-state index contributed by atoms with van der Waals surface area (Å²) in [5.41, 5.74) is 6.06. The number of esters is 1. The van der Waals surface area contributed by atoms with E-state index in [4.69, 9.17) is 5.73 Å². The van der Waals surface area contributed by atoms with E-state index in [0.29, 0.717) is 13.1 Å². The van der Waals surface area contributed by atoms with Crippen molar-refractivity contribution < 1.29 is 17.9 Å². The molecule has 1 aliphatic heterocycles. The van der Waals surface area contributed by atoms with E-state index in [9.17, 15) is 13.2 Å². The Morgan fingerprint density at radius 3 is 2.47 bits per heavy atom. The summed E-state index contributed by atoms with van der Waals surface area (Å²) in [5.74, 6) is -0.545. The molecule has 0 radical (unpaired) electrons. The van der Waals surface area contributed by atoms with Gasteiger partial charge in [0.1, 0.15) is 4.90 Å². The number of hydrogen-bond donors (Lipinski definition) is 1. The number of methoxy groups -OCH3 is 1. The maximum Gasteiger partial charge on any atom is 0.337 e. The standard InChI is InChI=1S/C12H16N2O4S/c1-18-12(15)9-4-5-11(10(13)8-9)19(16,17)14-6-2-3-7-14/h4-5,8H,2-3,6-7,13H2,1H3. The van der Waals surface area contributed by atoms with E-state index in [2.05, 4.69) is 4.74 Å². The maximum absolute atomic E-state index is 12.3. The third-order valence-electron chi connectivity index (χ3n) is 3.11. The van der Waals surface area contributed by atoms with Gasteiger partial charge in [0.25, 0.3) is 0 Å². The van der Waals surface area contributed by atoms with E-state index < -0.39 is 16.0 Å². The molecule has 0 aromatic heterocycles. The highest BCUT2D eigenvalue weighted by molar-refractivity contribution is 7.89. The molecule has 1 heterocycles. The number of nitrogens with zero attached hydrogens (tertiary/aromatic N) is 1. The molecule has 1 saturated heterocycles. The number of hydrogen-bond acceptors (Lipinski definition) is 5. The largest absolute Gasteiger partial charge is 0.465 e. The van der Waals surface area contributed by atoms with Crippen molar-refractivity contribution in [2.45, 2.75) is 17.7 Å². The van der Waals surface area contributed by atoms with Gasteiger partial charge >= 0.3 is 5.97 Å². The number of anilines is 1. The summed E-state index contributed by atoms with van der Waals surface area (Å²) >= 11 is 0. The summed E-state index contributed by atoms with van der Waals surface area (Å²) in [4.78, 5) is 11.4. The van der Waals surface area contributed by atoms with E-state index in [0.717, 1.165) is 12.8 Å². The van der Waals surface area contributed by atoms with Crippen molar-refractivity contribution in [3.05, 3.63) is 23.8 Å². The van der Waals surface area contributed by atoms with Crippen LogP contribution in [0.3, 0.4) is 0 Å². The maximum atomic E-state index is 12.3.